The number of nitrogens with one attached hydrogen (secondary N) is 1. The van der Waals surface area contributed by atoms with Crippen molar-refractivity contribution in [2.24, 2.45) is 23.2 Å². The lowest BCUT2D eigenvalue weighted by atomic mass is 9.55. The molecular formula is C23H29NO4. The third-order valence-electron chi connectivity index (χ3n) is 7.45. The van der Waals surface area contributed by atoms with E-state index in [1.807, 2.05) is 18.2 Å². The molecule has 1 saturated heterocycles. The summed E-state index contributed by atoms with van der Waals surface area (Å²) in [7, 11) is 0. The van der Waals surface area contributed by atoms with E-state index in [0.717, 1.165) is 36.3 Å². The lowest BCUT2D eigenvalue weighted by molar-refractivity contribution is -0.146. The van der Waals surface area contributed by atoms with Gasteiger partial charge in [-0.1, -0.05) is 25.1 Å². The van der Waals surface area contributed by atoms with E-state index in [9.17, 15) is 4.79 Å². The largest absolute Gasteiger partial charge is 0.462 e. The van der Waals surface area contributed by atoms with Crippen LogP contribution >= 0.6 is 0 Å². The number of carbonyl (C=O) groups excluding carboxylic acids is 1. The van der Waals surface area contributed by atoms with Crippen molar-refractivity contribution in [3.63, 3.8) is 0 Å². The zero-order valence-corrected chi connectivity index (χ0v) is 16.5. The molecule has 0 bridgehead atoms. The second-order valence-corrected chi connectivity index (χ2v) is 9.22. The second kappa shape index (κ2) is 6.80. The van der Waals surface area contributed by atoms with Gasteiger partial charge in [-0.3, -0.25) is 4.79 Å². The summed E-state index contributed by atoms with van der Waals surface area (Å²) in [6.45, 7) is 8.38. The van der Waals surface area contributed by atoms with Crippen molar-refractivity contribution in [2.45, 2.75) is 51.7 Å². The topological polar surface area (TPSA) is 56.8 Å². The van der Waals surface area contributed by atoms with Crippen LogP contribution in [-0.2, 0) is 16.1 Å². The molecule has 5 rings (SSSR count). The molecule has 2 aliphatic carbocycles. The molecule has 5 atom stereocenters. The Balaban J connectivity index is 1.23. The first-order chi connectivity index (χ1) is 13.5. The molecule has 1 N–H and O–H groups in total. The van der Waals surface area contributed by atoms with Crippen LogP contribution < -0.4 is 14.8 Å². The number of hydrogen-bond acceptors (Lipinski definition) is 5. The minimum atomic E-state index is -0.0571. The van der Waals surface area contributed by atoms with E-state index >= 15 is 0 Å². The number of rotatable bonds is 4. The number of esters is 1. The molecule has 2 saturated carbocycles. The number of fused-ring (bicyclic) bond motifs is 3. The molecule has 0 amide bonds. The summed E-state index contributed by atoms with van der Waals surface area (Å²) >= 11 is 0. The normalized spacial score (nSPS) is 36.0. The Morgan fingerprint density at radius 2 is 2.14 bits per heavy atom. The van der Waals surface area contributed by atoms with Crippen LogP contribution in [0.3, 0.4) is 0 Å². The summed E-state index contributed by atoms with van der Waals surface area (Å²) < 4.78 is 16.7. The zero-order valence-electron chi connectivity index (χ0n) is 16.5. The van der Waals surface area contributed by atoms with Gasteiger partial charge in [0.05, 0.1) is 5.92 Å². The van der Waals surface area contributed by atoms with E-state index < -0.39 is 0 Å². The molecule has 150 valence electrons. The van der Waals surface area contributed by atoms with Gasteiger partial charge in [0.15, 0.2) is 11.5 Å². The van der Waals surface area contributed by atoms with E-state index in [1.54, 1.807) is 0 Å². The fraction of sp³-hybridized carbons (Fsp3) is 0.609. The lowest BCUT2D eigenvalue weighted by Crippen LogP contribution is -2.45. The Kier molecular flexibility index (Phi) is 4.38. The van der Waals surface area contributed by atoms with Gasteiger partial charge in [-0.05, 0) is 61.1 Å². The molecule has 0 aromatic heterocycles. The van der Waals surface area contributed by atoms with E-state index in [1.165, 1.54) is 18.4 Å². The molecule has 2 heterocycles. The van der Waals surface area contributed by atoms with E-state index in [4.69, 9.17) is 14.2 Å². The fourth-order valence-electron chi connectivity index (χ4n) is 5.91. The Hall–Kier alpha value is -2.01. The Bertz CT molecular complexity index is 806. The molecule has 1 aromatic rings. The van der Waals surface area contributed by atoms with Crippen LogP contribution in [0.25, 0.3) is 0 Å². The van der Waals surface area contributed by atoms with E-state index in [2.05, 4.69) is 18.8 Å². The van der Waals surface area contributed by atoms with Crippen molar-refractivity contribution in [1.29, 1.82) is 0 Å². The average molecular weight is 383 g/mol. The van der Waals surface area contributed by atoms with Gasteiger partial charge in [0.1, 0.15) is 6.10 Å². The molecule has 28 heavy (non-hydrogen) atoms. The number of carbonyl (C=O) groups is 1. The molecule has 3 fully saturated rings. The van der Waals surface area contributed by atoms with Gasteiger partial charge in [0.2, 0.25) is 6.79 Å². The highest BCUT2D eigenvalue weighted by molar-refractivity contribution is 5.75. The third-order valence-corrected chi connectivity index (χ3v) is 7.45. The number of hydrogen-bond donors (Lipinski definition) is 1. The maximum atomic E-state index is 12.6. The van der Waals surface area contributed by atoms with Crippen LogP contribution in [0.4, 0.5) is 0 Å². The fourth-order valence-corrected chi connectivity index (χ4v) is 5.91. The van der Waals surface area contributed by atoms with E-state index in [0.29, 0.717) is 24.9 Å². The van der Waals surface area contributed by atoms with Gasteiger partial charge in [-0.25, -0.2) is 0 Å². The maximum absolute atomic E-state index is 12.6. The Labute approximate surface area is 166 Å². The van der Waals surface area contributed by atoms with Gasteiger partial charge in [0, 0.05) is 19.0 Å². The first-order valence-electron chi connectivity index (χ1n) is 10.5. The second-order valence-electron chi connectivity index (χ2n) is 9.22. The highest BCUT2D eigenvalue weighted by atomic mass is 16.7. The number of ether oxygens (including phenoxy) is 3. The van der Waals surface area contributed by atoms with Crippen molar-refractivity contribution < 1.29 is 19.0 Å². The first-order valence-corrected chi connectivity index (χ1v) is 10.5. The van der Waals surface area contributed by atoms with Crippen molar-refractivity contribution >= 4 is 5.97 Å². The standard InChI is InChI=1S/C23H29NO4/c1-14-4-3-7-23(2)10-21-16(9-18(14)23)17(22(25)28-21)12-24-11-15-5-6-19-20(8-15)27-13-26-19/h5-6,8,16-18,21,24H,1,3-4,7,9-13H2,2H3/t16-,17-,18+,21-,23-/m1/s1. The van der Waals surface area contributed by atoms with Gasteiger partial charge in [-0.15, -0.1) is 0 Å². The van der Waals surface area contributed by atoms with Crippen molar-refractivity contribution in [1.82, 2.24) is 5.32 Å². The predicted octanol–water partition coefficient (Wildman–Crippen LogP) is 3.82. The molecule has 5 heteroatoms. The average Bonchev–Trinajstić information content (AvgIpc) is 3.24. The molecular weight excluding hydrogens is 354 g/mol. The molecule has 1 aromatic carbocycles. The maximum Gasteiger partial charge on any atom is 0.310 e. The van der Waals surface area contributed by atoms with Gasteiger partial charge in [-0.2, -0.15) is 0 Å². The summed E-state index contributed by atoms with van der Waals surface area (Å²) in [6.07, 6.45) is 5.70. The van der Waals surface area contributed by atoms with Crippen LogP contribution in [0.15, 0.2) is 30.4 Å². The number of allylic oxidation sites excluding steroid dienone is 1. The monoisotopic (exact) mass is 383 g/mol. The summed E-state index contributed by atoms with van der Waals surface area (Å²) in [5.41, 5.74) is 2.77. The first kappa shape index (κ1) is 18.0. The lowest BCUT2D eigenvalue weighted by Gasteiger charge is -2.50. The highest BCUT2D eigenvalue weighted by Crippen LogP contribution is 2.56. The minimum absolute atomic E-state index is 0.0268. The molecule has 5 nitrogen and oxygen atoms in total. The predicted molar refractivity (Wildman–Crippen MR) is 105 cm³/mol. The van der Waals surface area contributed by atoms with Gasteiger partial charge < -0.3 is 19.5 Å². The van der Waals surface area contributed by atoms with Crippen LogP contribution in [0, 0.1) is 23.2 Å². The summed E-state index contributed by atoms with van der Waals surface area (Å²) in [4.78, 5) is 12.6. The van der Waals surface area contributed by atoms with Crippen LogP contribution in [0.1, 0.15) is 44.6 Å². The molecule has 0 unspecified atom stereocenters. The van der Waals surface area contributed by atoms with E-state index in [-0.39, 0.29) is 30.2 Å². The Morgan fingerprint density at radius 1 is 1.29 bits per heavy atom. The van der Waals surface area contributed by atoms with Crippen molar-refractivity contribution in [2.75, 3.05) is 13.3 Å². The highest BCUT2D eigenvalue weighted by Gasteiger charge is 2.54. The van der Waals surface area contributed by atoms with Crippen LogP contribution in [0.5, 0.6) is 11.5 Å². The molecule has 2 aliphatic heterocycles. The third kappa shape index (κ3) is 3.00. The van der Waals surface area contributed by atoms with Crippen LogP contribution in [0.2, 0.25) is 0 Å². The van der Waals surface area contributed by atoms with Crippen LogP contribution in [-0.4, -0.2) is 25.4 Å². The van der Waals surface area contributed by atoms with Crippen molar-refractivity contribution in [3.05, 3.63) is 35.9 Å². The Morgan fingerprint density at radius 3 is 3.04 bits per heavy atom. The molecule has 0 radical (unpaired) electrons. The molecule has 4 aliphatic rings. The quantitative estimate of drug-likeness (QED) is 0.633. The summed E-state index contributed by atoms with van der Waals surface area (Å²) in [6, 6.07) is 5.98. The zero-order chi connectivity index (χ0) is 19.3. The van der Waals surface area contributed by atoms with Gasteiger partial charge >= 0.3 is 5.97 Å². The van der Waals surface area contributed by atoms with Gasteiger partial charge in [0.25, 0.3) is 0 Å². The van der Waals surface area contributed by atoms with Crippen molar-refractivity contribution in [3.8, 4) is 11.5 Å². The SMILES string of the molecule is C=C1CCC[C@]2(C)C[C@H]3OC(=O)[C@H](CNCc4ccc5c(c4)OCO5)[C@H]3C[C@@H]12. The molecule has 0 spiro atoms. The summed E-state index contributed by atoms with van der Waals surface area (Å²) in [5, 5.41) is 3.47. The minimum Gasteiger partial charge on any atom is -0.462 e. The smallest absolute Gasteiger partial charge is 0.310 e. The summed E-state index contributed by atoms with van der Waals surface area (Å²) in [5.74, 6) is 2.35. The number of benzene rings is 1.